The van der Waals surface area contributed by atoms with Gasteiger partial charge in [-0.05, 0) is 13.8 Å². The first-order valence-corrected chi connectivity index (χ1v) is 5.73. The van der Waals surface area contributed by atoms with Crippen molar-refractivity contribution >= 4 is 5.97 Å². The maximum atomic E-state index is 13.4. The maximum Gasteiger partial charge on any atom is 0.384 e. The molecule has 0 aromatic carbocycles. The molecule has 0 bridgehead atoms. The molecule has 0 N–H and O–H groups in total. The van der Waals surface area contributed by atoms with E-state index in [9.17, 15) is 48.7 Å². The van der Waals surface area contributed by atoms with Crippen molar-refractivity contribution < 1.29 is 53.4 Å². The van der Waals surface area contributed by atoms with E-state index in [0.717, 1.165) is 19.9 Å². The molecular weight excluding hydrogens is 354 g/mol. The second-order valence-electron chi connectivity index (χ2n) is 4.73. The Balaban J connectivity index is 3.53. The molecule has 0 aliphatic heterocycles. The summed E-state index contributed by atoms with van der Waals surface area (Å²) >= 11 is 0. The minimum atomic E-state index is -7.08. The summed E-state index contributed by atoms with van der Waals surface area (Å²) in [4.78, 5) is 11.2. The number of allylic oxidation sites excluding steroid dienone is 1. The molecule has 0 saturated heterocycles. The van der Waals surface area contributed by atoms with Gasteiger partial charge in [-0.25, -0.2) is 4.79 Å². The van der Waals surface area contributed by atoms with Crippen LogP contribution in [0.1, 0.15) is 13.8 Å². The summed E-state index contributed by atoms with van der Waals surface area (Å²) in [6.45, 7) is 1.90. The van der Waals surface area contributed by atoms with Crippen LogP contribution in [0.2, 0.25) is 0 Å². The van der Waals surface area contributed by atoms with Crippen LogP contribution in [0.15, 0.2) is 11.6 Å². The highest BCUT2D eigenvalue weighted by Gasteiger charge is 2.96. The number of hydrogen-bond acceptors (Lipinski definition) is 2. The molecule has 0 aromatic heterocycles. The van der Waals surface area contributed by atoms with Gasteiger partial charge in [0.2, 0.25) is 6.10 Å². The first kappa shape index (κ1) is 19.6. The van der Waals surface area contributed by atoms with Crippen molar-refractivity contribution in [1.82, 2.24) is 0 Å². The van der Waals surface area contributed by atoms with Crippen molar-refractivity contribution in [2.24, 2.45) is 0 Å². The SMILES string of the molecule is CC=C(C)C(=O)OC1C(F)(F)C(F)(F)C(F)(F)C(F)(F)C1(F)F. The van der Waals surface area contributed by atoms with Gasteiger partial charge in [0.05, 0.1) is 0 Å². The molecule has 1 aliphatic rings. The van der Waals surface area contributed by atoms with Crippen LogP contribution < -0.4 is 0 Å². The van der Waals surface area contributed by atoms with E-state index < -0.39 is 47.3 Å². The average Bonchev–Trinajstić information content (AvgIpc) is 2.40. The minimum absolute atomic E-state index is 0.666. The highest BCUT2D eigenvalue weighted by atomic mass is 19.4. The van der Waals surface area contributed by atoms with Crippen LogP contribution in [-0.2, 0) is 9.53 Å². The topological polar surface area (TPSA) is 26.3 Å². The van der Waals surface area contributed by atoms with E-state index in [0.29, 0.717) is 0 Å². The number of rotatable bonds is 2. The quantitative estimate of drug-likeness (QED) is 0.421. The van der Waals surface area contributed by atoms with Gasteiger partial charge >= 0.3 is 35.6 Å². The molecule has 0 spiro atoms. The fourth-order valence-corrected chi connectivity index (χ4v) is 1.64. The van der Waals surface area contributed by atoms with Crippen LogP contribution in [-0.4, -0.2) is 41.7 Å². The number of ether oxygens (including phenoxy) is 1. The zero-order valence-electron chi connectivity index (χ0n) is 11.3. The predicted octanol–water partition coefficient (Wildman–Crippen LogP) is 4.05. The van der Waals surface area contributed by atoms with Crippen molar-refractivity contribution in [3.8, 4) is 0 Å². The third kappa shape index (κ3) is 2.20. The number of carbonyl (C=O) groups is 1. The first-order valence-electron chi connectivity index (χ1n) is 5.73. The normalized spacial score (nSPS) is 28.3. The Hall–Kier alpha value is -1.49. The molecule has 23 heavy (non-hydrogen) atoms. The molecule has 1 rings (SSSR count). The molecule has 2 nitrogen and oxygen atoms in total. The van der Waals surface area contributed by atoms with Crippen molar-refractivity contribution in [3.63, 3.8) is 0 Å². The number of esters is 1. The van der Waals surface area contributed by atoms with Crippen molar-refractivity contribution in [1.29, 1.82) is 0 Å². The lowest BCUT2D eigenvalue weighted by Crippen LogP contribution is -2.80. The van der Waals surface area contributed by atoms with Crippen molar-refractivity contribution in [2.45, 2.75) is 49.6 Å². The van der Waals surface area contributed by atoms with E-state index in [1.165, 1.54) is 0 Å². The van der Waals surface area contributed by atoms with Crippen LogP contribution in [0.5, 0.6) is 0 Å². The average molecular weight is 362 g/mol. The smallest absolute Gasteiger partial charge is 0.384 e. The molecule has 0 aromatic rings. The van der Waals surface area contributed by atoms with E-state index in [2.05, 4.69) is 4.74 Å². The van der Waals surface area contributed by atoms with Gasteiger partial charge < -0.3 is 4.74 Å². The van der Waals surface area contributed by atoms with Crippen LogP contribution in [0, 0.1) is 0 Å². The summed E-state index contributed by atoms with van der Waals surface area (Å²) in [7, 11) is 0. The molecule has 1 aliphatic carbocycles. The molecule has 0 radical (unpaired) electrons. The number of carbonyl (C=O) groups excluding carboxylic acids is 1. The maximum absolute atomic E-state index is 13.4. The highest BCUT2D eigenvalue weighted by Crippen LogP contribution is 2.65. The van der Waals surface area contributed by atoms with Gasteiger partial charge in [0, 0.05) is 5.57 Å². The summed E-state index contributed by atoms with van der Waals surface area (Å²) in [6.07, 6.45) is -3.98. The van der Waals surface area contributed by atoms with Gasteiger partial charge in [-0.2, -0.15) is 43.9 Å². The second-order valence-corrected chi connectivity index (χ2v) is 4.73. The summed E-state index contributed by atoms with van der Waals surface area (Å²) in [6, 6.07) is 0. The third-order valence-corrected chi connectivity index (χ3v) is 3.26. The zero-order chi connectivity index (χ0) is 18.6. The molecule has 0 unspecified atom stereocenters. The monoisotopic (exact) mass is 362 g/mol. The van der Waals surface area contributed by atoms with Gasteiger partial charge in [-0.1, -0.05) is 6.08 Å². The van der Waals surface area contributed by atoms with Gasteiger partial charge in [0.15, 0.2) is 0 Å². The van der Waals surface area contributed by atoms with Gasteiger partial charge in [0.1, 0.15) is 0 Å². The van der Waals surface area contributed by atoms with Gasteiger partial charge in [-0.3, -0.25) is 0 Å². The number of alkyl halides is 10. The lowest BCUT2D eigenvalue weighted by Gasteiger charge is -2.48. The molecule has 0 heterocycles. The molecule has 0 amide bonds. The number of halogens is 10. The summed E-state index contributed by atoms with van der Waals surface area (Å²) in [5.74, 6) is -35.8. The Morgan fingerprint density at radius 3 is 1.48 bits per heavy atom. The largest absolute Gasteiger partial charge is 0.446 e. The molecular formula is C11H8F10O2. The van der Waals surface area contributed by atoms with E-state index in [4.69, 9.17) is 0 Å². The molecule has 1 fully saturated rings. The Kier molecular flexibility index (Phi) is 4.25. The third-order valence-electron chi connectivity index (χ3n) is 3.26. The van der Waals surface area contributed by atoms with E-state index in [1.807, 2.05) is 0 Å². The van der Waals surface area contributed by atoms with Crippen LogP contribution in [0.4, 0.5) is 43.9 Å². The number of hydrogen-bond donors (Lipinski definition) is 0. The summed E-state index contributed by atoms with van der Waals surface area (Å²) < 4.78 is 135. The van der Waals surface area contributed by atoms with Crippen molar-refractivity contribution in [2.75, 3.05) is 0 Å². The minimum Gasteiger partial charge on any atom is -0.446 e. The summed E-state index contributed by atoms with van der Waals surface area (Å²) in [5.41, 5.74) is -0.666. The second kappa shape index (κ2) is 5.00. The van der Waals surface area contributed by atoms with E-state index in [1.54, 1.807) is 0 Å². The van der Waals surface area contributed by atoms with Crippen LogP contribution in [0.3, 0.4) is 0 Å². The standard InChI is InChI=1S/C11H8F10O2/c1-3-4(2)5(22)23-6-7(12,13)9(16,17)11(20,21)10(18,19)8(6,14)15/h3,6H,1-2H3. The van der Waals surface area contributed by atoms with E-state index >= 15 is 0 Å². The van der Waals surface area contributed by atoms with Gasteiger partial charge in [0.25, 0.3) is 0 Å². The molecule has 1 saturated carbocycles. The Morgan fingerprint density at radius 1 is 0.826 bits per heavy atom. The van der Waals surface area contributed by atoms with Crippen LogP contribution >= 0.6 is 0 Å². The van der Waals surface area contributed by atoms with Crippen LogP contribution in [0.25, 0.3) is 0 Å². The molecule has 134 valence electrons. The fraction of sp³-hybridized carbons (Fsp3) is 0.727. The zero-order valence-corrected chi connectivity index (χ0v) is 11.3. The Morgan fingerprint density at radius 2 is 1.17 bits per heavy atom. The fourth-order valence-electron chi connectivity index (χ4n) is 1.64. The molecule has 12 heteroatoms. The lowest BCUT2D eigenvalue weighted by atomic mass is 9.80. The van der Waals surface area contributed by atoms with Crippen molar-refractivity contribution in [3.05, 3.63) is 11.6 Å². The van der Waals surface area contributed by atoms with E-state index in [-0.39, 0.29) is 0 Å². The Bertz CT molecular complexity index is 507. The summed E-state index contributed by atoms with van der Waals surface area (Å²) in [5, 5.41) is 0. The van der Waals surface area contributed by atoms with Gasteiger partial charge in [-0.15, -0.1) is 0 Å². The highest BCUT2D eigenvalue weighted by molar-refractivity contribution is 5.87. The predicted molar refractivity (Wildman–Crippen MR) is 54.0 cm³/mol. The first-order chi connectivity index (χ1) is 10.00. The lowest BCUT2D eigenvalue weighted by molar-refractivity contribution is -0.468. The molecule has 0 atom stereocenters. The Labute approximate surface area is 122 Å².